The van der Waals surface area contributed by atoms with Gasteiger partial charge in [0, 0.05) is 49.1 Å². The molecule has 3 heterocycles. The molecule has 2 aliphatic rings. The molecular weight excluding hydrogens is 472 g/mol. The summed E-state index contributed by atoms with van der Waals surface area (Å²) >= 11 is 0. The fraction of sp³-hybridized carbons (Fsp3) is 0.250. The quantitative estimate of drug-likeness (QED) is 0.429. The van der Waals surface area contributed by atoms with Crippen LogP contribution in [0, 0.1) is 16.0 Å². The number of hydrogen-bond acceptors (Lipinski definition) is 6. The molecule has 0 unspecified atom stereocenters. The minimum Gasteiger partial charge on any atom is -0.322 e. The number of fused-ring (bicyclic) bond motifs is 4. The number of nitrogens with zero attached hydrogens (tertiary/aromatic N) is 3. The van der Waals surface area contributed by atoms with Gasteiger partial charge in [0.05, 0.1) is 9.82 Å². The topological polar surface area (TPSA) is 132 Å². The summed E-state index contributed by atoms with van der Waals surface area (Å²) in [6.07, 6.45) is 0.839. The van der Waals surface area contributed by atoms with E-state index in [1.165, 1.54) is 58.9 Å². The summed E-state index contributed by atoms with van der Waals surface area (Å²) in [6, 6.07) is 16.4. The number of benzene rings is 2. The standard InChI is InChI=1S/C24H22N4O6S/c29-23-7-3-6-21-17-12-16(14-27(21)23)13-26(15-17)35(33,34)19-10-8-18(9-11-19)25-24(30)20-4-1-2-5-22(20)28(31)32/h1-11,16-17H,12-15H2,(H,25,30)/t16-,17+/m1/s1. The third-order valence-electron chi connectivity index (χ3n) is 6.54. The lowest BCUT2D eigenvalue weighted by Crippen LogP contribution is -2.48. The van der Waals surface area contributed by atoms with Crippen molar-refractivity contribution in [3.8, 4) is 0 Å². The summed E-state index contributed by atoms with van der Waals surface area (Å²) in [7, 11) is -3.79. The van der Waals surface area contributed by atoms with Gasteiger partial charge in [0.1, 0.15) is 5.56 Å². The van der Waals surface area contributed by atoms with Crippen molar-refractivity contribution in [3.05, 3.63) is 98.5 Å². The smallest absolute Gasteiger partial charge is 0.282 e. The molecule has 1 fully saturated rings. The second kappa shape index (κ2) is 8.75. The minimum absolute atomic E-state index is 0.0496. The van der Waals surface area contributed by atoms with Gasteiger partial charge in [-0.3, -0.25) is 19.7 Å². The maximum Gasteiger partial charge on any atom is 0.282 e. The zero-order chi connectivity index (χ0) is 24.7. The average molecular weight is 495 g/mol. The van der Waals surface area contributed by atoms with Crippen LogP contribution >= 0.6 is 0 Å². The Labute approximate surface area is 201 Å². The van der Waals surface area contributed by atoms with E-state index in [4.69, 9.17) is 0 Å². The van der Waals surface area contributed by atoms with Crippen molar-refractivity contribution in [1.82, 2.24) is 8.87 Å². The van der Waals surface area contributed by atoms with E-state index in [2.05, 4.69) is 5.32 Å². The maximum absolute atomic E-state index is 13.4. The van der Waals surface area contributed by atoms with Gasteiger partial charge < -0.3 is 9.88 Å². The van der Waals surface area contributed by atoms with Crippen LogP contribution in [0.5, 0.6) is 0 Å². The van der Waals surface area contributed by atoms with Crippen molar-refractivity contribution in [2.24, 2.45) is 5.92 Å². The number of aromatic nitrogens is 1. The van der Waals surface area contributed by atoms with Crippen LogP contribution in [-0.4, -0.2) is 41.2 Å². The summed E-state index contributed by atoms with van der Waals surface area (Å²) in [6.45, 7) is 1.11. The SMILES string of the molecule is O=C(Nc1ccc(S(=O)(=O)N2C[C@H]3C[C@@H](C2)c2cccc(=O)n2C3)cc1)c1ccccc1[N+](=O)[O-]. The monoisotopic (exact) mass is 494 g/mol. The molecule has 1 N–H and O–H groups in total. The van der Waals surface area contributed by atoms with Gasteiger partial charge in [-0.25, -0.2) is 8.42 Å². The molecule has 2 aliphatic heterocycles. The van der Waals surface area contributed by atoms with Crippen LogP contribution in [0.2, 0.25) is 0 Å². The number of carbonyl (C=O) groups excluding carboxylic acids is 1. The van der Waals surface area contributed by atoms with Crippen molar-refractivity contribution in [1.29, 1.82) is 0 Å². The number of hydrogen-bond donors (Lipinski definition) is 1. The summed E-state index contributed by atoms with van der Waals surface area (Å²) < 4.78 is 29.9. The van der Waals surface area contributed by atoms with E-state index in [1.807, 2.05) is 6.07 Å². The highest BCUT2D eigenvalue weighted by Gasteiger charge is 2.39. The Balaban J connectivity index is 1.34. The second-order valence-electron chi connectivity index (χ2n) is 8.77. The van der Waals surface area contributed by atoms with E-state index < -0.39 is 20.9 Å². The lowest BCUT2D eigenvalue weighted by Gasteiger charge is -2.42. The Morgan fingerprint density at radius 3 is 2.46 bits per heavy atom. The first-order valence-corrected chi connectivity index (χ1v) is 12.5. The van der Waals surface area contributed by atoms with Crippen molar-refractivity contribution in [2.75, 3.05) is 18.4 Å². The Morgan fingerprint density at radius 2 is 1.71 bits per heavy atom. The Kier molecular flexibility index (Phi) is 5.73. The van der Waals surface area contributed by atoms with Gasteiger partial charge in [0.15, 0.2) is 0 Å². The van der Waals surface area contributed by atoms with Crippen molar-refractivity contribution in [2.45, 2.75) is 23.8 Å². The van der Waals surface area contributed by atoms with Gasteiger partial charge in [-0.2, -0.15) is 4.31 Å². The van der Waals surface area contributed by atoms with E-state index >= 15 is 0 Å². The van der Waals surface area contributed by atoms with Crippen LogP contribution in [0.3, 0.4) is 0 Å². The lowest BCUT2D eigenvalue weighted by molar-refractivity contribution is -0.385. The van der Waals surface area contributed by atoms with E-state index in [-0.39, 0.29) is 33.5 Å². The molecule has 1 aromatic heterocycles. The number of piperidine rings is 1. The molecule has 2 aromatic carbocycles. The fourth-order valence-electron chi connectivity index (χ4n) is 4.93. The zero-order valence-corrected chi connectivity index (χ0v) is 19.3. The first-order valence-electron chi connectivity index (χ1n) is 11.1. The van der Waals surface area contributed by atoms with Gasteiger partial charge >= 0.3 is 0 Å². The average Bonchev–Trinajstić information content (AvgIpc) is 2.85. The molecule has 0 spiro atoms. The number of amides is 1. The van der Waals surface area contributed by atoms with Crippen LogP contribution in [-0.2, 0) is 16.6 Å². The van der Waals surface area contributed by atoms with Crippen LogP contribution in [0.4, 0.5) is 11.4 Å². The third-order valence-corrected chi connectivity index (χ3v) is 8.39. The molecule has 3 aromatic rings. The van der Waals surface area contributed by atoms with Gasteiger partial charge in [0.2, 0.25) is 10.0 Å². The minimum atomic E-state index is -3.79. The second-order valence-corrected chi connectivity index (χ2v) is 10.7. The molecule has 35 heavy (non-hydrogen) atoms. The first kappa shape index (κ1) is 22.9. The number of para-hydroxylation sites is 1. The molecule has 0 saturated carbocycles. The highest BCUT2D eigenvalue weighted by molar-refractivity contribution is 7.89. The van der Waals surface area contributed by atoms with Crippen LogP contribution in [0.15, 0.2) is 76.4 Å². The van der Waals surface area contributed by atoms with Crippen molar-refractivity contribution >= 4 is 27.3 Å². The molecule has 1 saturated heterocycles. The summed E-state index contributed by atoms with van der Waals surface area (Å²) in [5, 5.41) is 13.8. The number of anilines is 1. The Hall–Kier alpha value is -3.83. The molecule has 5 rings (SSSR count). The molecule has 180 valence electrons. The number of rotatable bonds is 5. The number of nitro groups is 1. The summed E-state index contributed by atoms with van der Waals surface area (Å²) in [5.41, 5.74) is 0.710. The highest BCUT2D eigenvalue weighted by Crippen LogP contribution is 2.37. The lowest BCUT2D eigenvalue weighted by atomic mass is 9.84. The van der Waals surface area contributed by atoms with Gasteiger partial charge in [0.25, 0.3) is 17.2 Å². The number of nitrogens with one attached hydrogen (secondary N) is 1. The molecule has 11 heteroatoms. The summed E-state index contributed by atoms with van der Waals surface area (Å²) in [4.78, 5) is 35.4. The number of pyridine rings is 1. The van der Waals surface area contributed by atoms with Crippen LogP contribution < -0.4 is 10.9 Å². The third kappa shape index (κ3) is 4.24. The number of carbonyl (C=O) groups is 1. The van der Waals surface area contributed by atoms with Crippen LogP contribution in [0.1, 0.15) is 28.4 Å². The van der Waals surface area contributed by atoms with Crippen molar-refractivity contribution in [3.63, 3.8) is 0 Å². The highest BCUT2D eigenvalue weighted by atomic mass is 32.2. The molecule has 1 amide bonds. The molecular formula is C24H22N4O6S. The Morgan fingerprint density at radius 1 is 0.971 bits per heavy atom. The van der Waals surface area contributed by atoms with Crippen LogP contribution in [0.25, 0.3) is 0 Å². The first-order chi connectivity index (χ1) is 16.7. The summed E-state index contributed by atoms with van der Waals surface area (Å²) in [5.74, 6) is -0.659. The van der Waals surface area contributed by atoms with E-state index in [0.717, 1.165) is 12.1 Å². The molecule has 10 nitrogen and oxygen atoms in total. The zero-order valence-electron chi connectivity index (χ0n) is 18.5. The fourth-order valence-corrected chi connectivity index (χ4v) is 6.49. The van der Waals surface area contributed by atoms with E-state index in [0.29, 0.717) is 25.3 Å². The molecule has 0 aliphatic carbocycles. The van der Waals surface area contributed by atoms with Crippen molar-refractivity contribution < 1.29 is 18.1 Å². The predicted molar refractivity (Wildman–Crippen MR) is 128 cm³/mol. The normalized spacial score (nSPS) is 19.5. The molecule has 2 bridgehead atoms. The van der Waals surface area contributed by atoms with E-state index in [9.17, 15) is 28.1 Å². The molecule has 0 radical (unpaired) electrons. The van der Waals surface area contributed by atoms with Gasteiger partial charge in [-0.1, -0.05) is 18.2 Å². The number of sulfonamides is 1. The van der Waals surface area contributed by atoms with E-state index in [1.54, 1.807) is 10.6 Å². The van der Waals surface area contributed by atoms with Gasteiger partial charge in [-0.05, 0) is 48.7 Å². The predicted octanol–water partition coefficient (Wildman–Crippen LogP) is 2.82. The maximum atomic E-state index is 13.4. The molecule has 2 atom stereocenters. The number of nitro benzene ring substituents is 1. The Bertz CT molecular complexity index is 1480. The van der Waals surface area contributed by atoms with Gasteiger partial charge in [-0.15, -0.1) is 0 Å². The largest absolute Gasteiger partial charge is 0.322 e.